The smallest absolute Gasteiger partial charge is 0.260 e. The maximum absolute atomic E-state index is 12.8. The summed E-state index contributed by atoms with van der Waals surface area (Å²) < 4.78 is 18.2. The topological polar surface area (TPSA) is 29.5 Å². The molecule has 0 aromatic heterocycles. The van der Waals surface area contributed by atoms with Crippen LogP contribution in [0.1, 0.15) is 40.0 Å². The zero-order valence-electron chi connectivity index (χ0n) is 12.6. The van der Waals surface area contributed by atoms with Crippen LogP contribution in [0, 0.1) is 5.82 Å². The first-order valence-electron chi connectivity index (χ1n) is 7.26. The van der Waals surface area contributed by atoms with E-state index in [0.29, 0.717) is 5.75 Å². The van der Waals surface area contributed by atoms with E-state index in [9.17, 15) is 9.18 Å². The molecule has 1 unspecified atom stereocenters. The van der Waals surface area contributed by atoms with E-state index in [0.717, 1.165) is 25.8 Å². The molecular weight excluding hydrogens is 257 g/mol. The Balaban J connectivity index is 2.54. The van der Waals surface area contributed by atoms with Gasteiger partial charge in [-0.1, -0.05) is 20.3 Å². The molecule has 4 heteroatoms. The average Bonchev–Trinajstić information content (AvgIpc) is 2.46. The predicted molar refractivity (Wildman–Crippen MR) is 78.3 cm³/mol. The van der Waals surface area contributed by atoms with Gasteiger partial charge in [-0.05, 0) is 44.0 Å². The highest BCUT2D eigenvalue weighted by Crippen LogP contribution is 2.12. The van der Waals surface area contributed by atoms with Crippen molar-refractivity contribution in [3.8, 4) is 5.75 Å². The molecular formula is C16H24FNO2. The van der Waals surface area contributed by atoms with Crippen molar-refractivity contribution in [2.75, 3.05) is 13.2 Å². The number of carbonyl (C=O) groups is 1. The molecule has 20 heavy (non-hydrogen) atoms. The van der Waals surface area contributed by atoms with Crippen LogP contribution in [0.4, 0.5) is 4.39 Å². The standard InChI is InChI=1S/C16H24FNO2/c1-4-6-11-18(13(3)5-2)16(19)12-20-15-9-7-14(17)8-10-15/h7-10,13H,4-6,11-12H2,1-3H3. The van der Waals surface area contributed by atoms with Crippen molar-refractivity contribution in [3.63, 3.8) is 0 Å². The SMILES string of the molecule is CCCCN(C(=O)COc1ccc(F)cc1)C(C)CC. The Morgan fingerprint density at radius 3 is 2.50 bits per heavy atom. The van der Waals surface area contributed by atoms with Crippen LogP contribution >= 0.6 is 0 Å². The van der Waals surface area contributed by atoms with Gasteiger partial charge in [0.15, 0.2) is 6.61 Å². The van der Waals surface area contributed by atoms with Gasteiger partial charge in [0, 0.05) is 12.6 Å². The summed E-state index contributed by atoms with van der Waals surface area (Å²) in [6, 6.07) is 5.92. The largest absolute Gasteiger partial charge is 0.484 e. The molecule has 0 radical (unpaired) electrons. The van der Waals surface area contributed by atoms with Gasteiger partial charge >= 0.3 is 0 Å². The van der Waals surface area contributed by atoms with Crippen LogP contribution in [0.25, 0.3) is 0 Å². The first-order valence-corrected chi connectivity index (χ1v) is 7.26. The Morgan fingerprint density at radius 1 is 1.30 bits per heavy atom. The number of ether oxygens (including phenoxy) is 1. The molecule has 0 bridgehead atoms. The maximum Gasteiger partial charge on any atom is 0.260 e. The fraction of sp³-hybridized carbons (Fsp3) is 0.562. The molecule has 0 heterocycles. The first-order chi connectivity index (χ1) is 9.58. The van der Waals surface area contributed by atoms with Gasteiger partial charge in [-0.2, -0.15) is 0 Å². The fourth-order valence-electron chi connectivity index (χ4n) is 1.90. The third-order valence-corrected chi connectivity index (χ3v) is 3.37. The average molecular weight is 281 g/mol. The Labute approximate surface area is 120 Å². The Bertz CT molecular complexity index is 405. The lowest BCUT2D eigenvalue weighted by Gasteiger charge is -2.28. The summed E-state index contributed by atoms with van der Waals surface area (Å²) in [5.74, 6) is 0.185. The second-order valence-electron chi connectivity index (χ2n) is 4.94. The van der Waals surface area contributed by atoms with Crippen molar-refractivity contribution < 1.29 is 13.9 Å². The zero-order valence-corrected chi connectivity index (χ0v) is 12.6. The minimum absolute atomic E-state index is 0.000311. The van der Waals surface area contributed by atoms with Crippen molar-refractivity contribution in [2.45, 2.75) is 46.1 Å². The second kappa shape index (κ2) is 8.56. The van der Waals surface area contributed by atoms with Gasteiger partial charge in [0.25, 0.3) is 5.91 Å². The van der Waals surface area contributed by atoms with Crippen molar-refractivity contribution in [1.82, 2.24) is 4.90 Å². The van der Waals surface area contributed by atoms with E-state index < -0.39 is 0 Å². The normalized spacial score (nSPS) is 12.0. The zero-order chi connectivity index (χ0) is 15.0. The van der Waals surface area contributed by atoms with Gasteiger partial charge in [-0.15, -0.1) is 0 Å². The monoisotopic (exact) mass is 281 g/mol. The summed E-state index contributed by atoms with van der Waals surface area (Å²) in [5.41, 5.74) is 0. The number of halogens is 1. The van der Waals surface area contributed by atoms with Crippen LogP contribution in [-0.2, 0) is 4.79 Å². The highest BCUT2D eigenvalue weighted by Gasteiger charge is 2.18. The molecule has 0 aliphatic carbocycles. The summed E-state index contributed by atoms with van der Waals surface area (Å²) >= 11 is 0. The van der Waals surface area contributed by atoms with Crippen molar-refractivity contribution >= 4 is 5.91 Å². The lowest BCUT2D eigenvalue weighted by atomic mass is 10.2. The van der Waals surface area contributed by atoms with Gasteiger partial charge in [0.2, 0.25) is 0 Å². The van der Waals surface area contributed by atoms with Crippen molar-refractivity contribution in [3.05, 3.63) is 30.1 Å². The van der Waals surface area contributed by atoms with Crippen LogP contribution in [0.3, 0.4) is 0 Å². The minimum atomic E-state index is -0.312. The number of benzene rings is 1. The third-order valence-electron chi connectivity index (χ3n) is 3.37. The molecule has 1 amide bonds. The summed E-state index contributed by atoms with van der Waals surface area (Å²) in [6.07, 6.45) is 2.97. The van der Waals surface area contributed by atoms with Crippen LogP contribution < -0.4 is 4.74 Å². The Kier molecular flexibility index (Phi) is 7.05. The van der Waals surface area contributed by atoms with Crippen LogP contribution in [0.2, 0.25) is 0 Å². The molecule has 0 N–H and O–H groups in total. The molecule has 112 valence electrons. The van der Waals surface area contributed by atoms with Crippen molar-refractivity contribution in [1.29, 1.82) is 0 Å². The maximum atomic E-state index is 12.8. The highest BCUT2D eigenvalue weighted by atomic mass is 19.1. The van der Waals surface area contributed by atoms with E-state index in [2.05, 4.69) is 13.8 Å². The van der Waals surface area contributed by atoms with E-state index in [-0.39, 0.29) is 24.4 Å². The van der Waals surface area contributed by atoms with E-state index in [1.807, 2.05) is 11.8 Å². The summed E-state index contributed by atoms with van der Waals surface area (Å²) in [7, 11) is 0. The molecule has 0 spiro atoms. The fourth-order valence-corrected chi connectivity index (χ4v) is 1.90. The molecule has 1 aromatic rings. The molecule has 0 saturated carbocycles. The summed E-state index contributed by atoms with van der Waals surface area (Å²) in [4.78, 5) is 14.1. The lowest BCUT2D eigenvalue weighted by molar-refractivity contribution is -0.135. The van der Waals surface area contributed by atoms with E-state index >= 15 is 0 Å². The highest BCUT2D eigenvalue weighted by molar-refractivity contribution is 5.78. The molecule has 3 nitrogen and oxygen atoms in total. The van der Waals surface area contributed by atoms with Gasteiger partial charge in [0.05, 0.1) is 0 Å². The molecule has 0 fully saturated rings. The number of hydrogen-bond acceptors (Lipinski definition) is 2. The minimum Gasteiger partial charge on any atom is -0.484 e. The lowest BCUT2D eigenvalue weighted by Crippen LogP contribution is -2.41. The van der Waals surface area contributed by atoms with E-state index in [1.54, 1.807) is 0 Å². The number of hydrogen-bond donors (Lipinski definition) is 0. The third kappa shape index (κ3) is 5.19. The first kappa shape index (κ1) is 16.5. The Hall–Kier alpha value is -1.58. The molecule has 1 rings (SSSR count). The molecule has 0 aliphatic heterocycles. The number of unbranched alkanes of at least 4 members (excludes halogenated alkanes) is 1. The summed E-state index contributed by atoms with van der Waals surface area (Å²) in [5, 5.41) is 0. The van der Waals surface area contributed by atoms with Crippen molar-refractivity contribution in [2.24, 2.45) is 0 Å². The number of rotatable bonds is 8. The second-order valence-corrected chi connectivity index (χ2v) is 4.94. The van der Waals surface area contributed by atoms with E-state index in [4.69, 9.17) is 4.74 Å². The predicted octanol–water partition coefficient (Wildman–Crippen LogP) is 3.63. The number of nitrogens with zero attached hydrogens (tertiary/aromatic N) is 1. The Morgan fingerprint density at radius 2 is 1.95 bits per heavy atom. The van der Waals surface area contributed by atoms with Gasteiger partial charge < -0.3 is 9.64 Å². The molecule has 0 saturated heterocycles. The summed E-state index contributed by atoms with van der Waals surface area (Å²) in [6.45, 7) is 6.98. The van der Waals surface area contributed by atoms with Gasteiger partial charge in [-0.25, -0.2) is 4.39 Å². The quantitative estimate of drug-likeness (QED) is 0.728. The van der Waals surface area contributed by atoms with Crippen LogP contribution in [-0.4, -0.2) is 30.0 Å². The number of carbonyl (C=O) groups excluding carboxylic acids is 1. The van der Waals surface area contributed by atoms with E-state index in [1.165, 1.54) is 24.3 Å². The van der Waals surface area contributed by atoms with Gasteiger partial charge in [0.1, 0.15) is 11.6 Å². The van der Waals surface area contributed by atoms with Crippen LogP contribution in [0.5, 0.6) is 5.75 Å². The molecule has 0 aliphatic rings. The molecule has 1 aromatic carbocycles. The van der Waals surface area contributed by atoms with Crippen LogP contribution in [0.15, 0.2) is 24.3 Å². The molecule has 1 atom stereocenters. The number of amides is 1. The van der Waals surface area contributed by atoms with Gasteiger partial charge in [-0.3, -0.25) is 4.79 Å².